The summed E-state index contributed by atoms with van der Waals surface area (Å²) in [7, 11) is 0. The molecular weight excluding hydrogens is 359 g/mol. The Bertz CT molecular complexity index is 905. The molecular formula is C19H14Cl2N2O2. The molecule has 1 aromatic heterocycles. The highest BCUT2D eigenvalue weighted by molar-refractivity contribution is 6.36. The zero-order valence-corrected chi connectivity index (χ0v) is 14.6. The van der Waals surface area contributed by atoms with E-state index in [2.05, 4.69) is 10.5 Å². The third-order valence-electron chi connectivity index (χ3n) is 3.41. The number of hydrogen-bond acceptors (Lipinski definition) is 3. The van der Waals surface area contributed by atoms with Gasteiger partial charge in [0.15, 0.2) is 0 Å². The monoisotopic (exact) mass is 372 g/mol. The van der Waals surface area contributed by atoms with Crippen LogP contribution in [-0.2, 0) is 11.2 Å². The second-order valence-electron chi connectivity index (χ2n) is 5.28. The maximum Gasteiger partial charge on any atom is 0.244 e. The van der Waals surface area contributed by atoms with Gasteiger partial charge in [-0.25, -0.2) is 5.43 Å². The van der Waals surface area contributed by atoms with Crippen molar-refractivity contribution in [2.45, 2.75) is 6.42 Å². The van der Waals surface area contributed by atoms with E-state index in [-0.39, 0.29) is 12.3 Å². The first kappa shape index (κ1) is 17.3. The summed E-state index contributed by atoms with van der Waals surface area (Å²) in [5, 5.41) is 4.97. The Labute approximate surface area is 155 Å². The highest BCUT2D eigenvalue weighted by Gasteiger charge is 2.08. The van der Waals surface area contributed by atoms with E-state index in [9.17, 15) is 4.79 Å². The number of amides is 1. The SMILES string of the molecule is O=C(Cc1ccccc1)NN=Cc1ccc(-c2ccc(Cl)cc2Cl)o1. The van der Waals surface area contributed by atoms with Crippen LogP contribution in [0.1, 0.15) is 11.3 Å². The smallest absolute Gasteiger partial charge is 0.244 e. The summed E-state index contributed by atoms with van der Waals surface area (Å²) in [6, 6.07) is 18.1. The predicted octanol–water partition coefficient (Wildman–Crippen LogP) is 4.95. The van der Waals surface area contributed by atoms with Crippen LogP contribution in [0.5, 0.6) is 0 Å². The molecule has 0 aliphatic rings. The van der Waals surface area contributed by atoms with Crippen LogP contribution < -0.4 is 5.43 Å². The van der Waals surface area contributed by atoms with Crippen molar-refractivity contribution in [3.63, 3.8) is 0 Å². The highest BCUT2D eigenvalue weighted by atomic mass is 35.5. The molecule has 4 nitrogen and oxygen atoms in total. The molecule has 25 heavy (non-hydrogen) atoms. The van der Waals surface area contributed by atoms with Crippen molar-refractivity contribution in [1.82, 2.24) is 5.43 Å². The summed E-state index contributed by atoms with van der Waals surface area (Å²) >= 11 is 12.1. The van der Waals surface area contributed by atoms with E-state index in [0.717, 1.165) is 11.1 Å². The molecule has 0 saturated heterocycles. The number of hydrazone groups is 1. The molecule has 0 radical (unpaired) electrons. The van der Waals surface area contributed by atoms with Crippen molar-refractivity contribution < 1.29 is 9.21 Å². The number of carbonyl (C=O) groups excluding carboxylic acids is 1. The lowest BCUT2D eigenvalue weighted by Gasteiger charge is -2.01. The molecule has 1 heterocycles. The largest absolute Gasteiger partial charge is 0.455 e. The minimum atomic E-state index is -0.199. The Kier molecular flexibility index (Phi) is 5.53. The van der Waals surface area contributed by atoms with Crippen molar-refractivity contribution in [2.24, 2.45) is 5.10 Å². The summed E-state index contributed by atoms with van der Waals surface area (Å²) in [6.45, 7) is 0. The van der Waals surface area contributed by atoms with Crippen LogP contribution in [0.3, 0.4) is 0 Å². The van der Waals surface area contributed by atoms with Gasteiger partial charge in [-0.05, 0) is 35.9 Å². The molecule has 1 N–H and O–H groups in total. The van der Waals surface area contributed by atoms with Gasteiger partial charge in [-0.2, -0.15) is 5.10 Å². The summed E-state index contributed by atoms with van der Waals surface area (Å²) in [6.07, 6.45) is 1.71. The number of nitrogens with zero attached hydrogens (tertiary/aromatic N) is 1. The molecule has 0 aliphatic heterocycles. The molecule has 0 bridgehead atoms. The number of nitrogens with one attached hydrogen (secondary N) is 1. The van der Waals surface area contributed by atoms with Gasteiger partial charge in [0, 0.05) is 10.6 Å². The summed E-state index contributed by atoms with van der Waals surface area (Å²) in [4.78, 5) is 11.8. The lowest BCUT2D eigenvalue weighted by atomic mass is 10.1. The third-order valence-corrected chi connectivity index (χ3v) is 3.96. The fraction of sp³-hybridized carbons (Fsp3) is 0.0526. The average molecular weight is 373 g/mol. The van der Waals surface area contributed by atoms with Crippen LogP contribution in [0.2, 0.25) is 10.0 Å². The molecule has 6 heteroatoms. The van der Waals surface area contributed by atoms with Crippen LogP contribution in [0.25, 0.3) is 11.3 Å². The molecule has 0 spiro atoms. The molecule has 0 aliphatic carbocycles. The van der Waals surface area contributed by atoms with Gasteiger partial charge >= 0.3 is 0 Å². The highest BCUT2D eigenvalue weighted by Crippen LogP contribution is 2.31. The molecule has 0 saturated carbocycles. The normalized spacial score (nSPS) is 11.0. The number of hydrogen-bond donors (Lipinski definition) is 1. The Morgan fingerprint density at radius 2 is 1.88 bits per heavy atom. The average Bonchev–Trinajstić information content (AvgIpc) is 3.04. The first-order chi connectivity index (χ1) is 12.1. The van der Waals surface area contributed by atoms with Crippen molar-refractivity contribution in [2.75, 3.05) is 0 Å². The van der Waals surface area contributed by atoms with Crippen molar-refractivity contribution in [1.29, 1.82) is 0 Å². The van der Waals surface area contributed by atoms with Crippen LogP contribution in [0.15, 0.2) is 70.2 Å². The Hall–Kier alpha value is -2.56. The van der Waals surface area contributed by atoms with Crippen LogP contribution >= 0.6 is 23.2 Å². The molecule has 126 valence electrons. The van der Waals surface area contributed by atoms with Crippen molar-refractivity contribution in [3.8, 4) is 11.3 Å². The van der Waals surface area contributed by atoms with Gasteiger partial charge in [-0.1, -0.05) is 53.5 Å². The number of furan rings is 1. The fourth-order valence-corrected chi connectivity index (χ4v) is 2.75. The second-order valence-corrected chi connectivity index (χ2v) is 6.13. The molecule has 2 aromatic carbocycles. The van der Waals surface area contributed by atoms with E-state index in [1.165, 1.54) is 6.21 Å². The van der Waals surface area contributed by atoms with E-state index < -0.39 is 0 Å². The number of carbonyl (C=O) groups is 1. The van der Waals surface area contributed by atoms with Crippen LogP contribution in [0, 0.1) is 0 Å². The molecule has 1 amide bonds. The van der Waals surface area contributed by atoms with Gasteiger partial charge in [0.25, 0.3) is 0 Å². The van der Waals surface area contributed by atoms with Gasteiger partial charge in [0.1, 0.15) is 11.5 Å². The Morgan fingerprint density at radius 3 is 2.64 bits per heavy atom. The van der Waals surface area contributed by atoms with Crippen LogP contribution in [-0.4, -0.2) is 12.1 Å². The minimum Gasteiger partial charge on any atom is -0.455 e. The van der Waals surface area contributed by atoms with Gasteiger partial charge in [-0.3, -0.25) is 4.79 Å². The molecule has 0 atom stereocenters. The predicted molar refractivity (Wildman–Crippen MR) is 100 cm³/mol. The van der Waals surface area contributed by atoms with E-state index in [0.29, 0.717) is 21.6 Å². The van der Waals surface area contributed by atoms with E-state index >= 15 is 0 Å². The van der Waals surface area contributed by atoms with Gasteiger partial charge in [0.05, 0.1) is 17.7 Å². The van der Waals surface area contributed by atoms with Crippen LogP contribution in [0.4, 0.5) is 0 Å². The molecule has 0 fully saturated rings. The summed E-state index contributed by atoms with van der Waals surface area (Å²) < 4.78 is 5.66. The quantitative estimate of drug-likeness (QED) is 0.508. The Morgan fingerprint density at radius 1 is 1.08 bits per heavy atom. The Balaban J connectivity index is 1.61. The first-order valence-corrected chi connectivity index (χ1v) is 8.28. The van der Waals surface area contributed by atoms with Gasteiger partial charge in [-0.15, -0.1) is 0 Å². The third kappa shape index (κ3) is 4.72. The van der Waals surface area contributed by atoms with E-state index in [1.807, 2.05) is 30.3 Å². The van der Waals surface area contributed by atoms with Gasteiger partial charge in [0.2, 0.25) is 5.91 Å². The maximum atomic E-state index is 11.8. The fourth-order valence-electron chi connectivity index (χ4n) is 2.24. The lowest BCUT2D eigenvalue weighted by molar-refractivity contribution is -0.120. The lowest BCUT2D eigenvalue weighted by Crippen LogP contribution is -2.19. The zero-order chi connectivity index (χ0) is 17.6. The summed E-state index contributed by atoms with van der Waals surface area (Å²) in [5.74, 6) is 0.898. The number of benzene rings is 2. The summed E-state index contributed by atoms with van der Waals surface area (Å²) in [5.41, 5.74) is 4.13. The first-order valence-electron chi connectivity index (χ1n) is 7.53. The minimum absolute atomic E-state index is 0.199. The van der Waals surface area contributed by atoms with E-state index in [1.54, 1.807) is 30.3 Å². The molecule has 3 rings (SSSR count). The number of halogens is 2. The topological polar surface area (TPSA) is 54.6 Å². The van der Waals surface area contributed by atoms with Gasteiger partial charge < -0.3 is 4.42 Å². The van der Waals surface area contributed by atoms with Crippen molar-refractivity contribution in [3.05, 3.63) is 82.0 Å². The standard InChI is InChI=1S/C19H14Cl2N2O2/c20-14-6-8-16(17(21)11-14)18-9-7-15(25-18)12-22-23-19(24)10-13-4-2-1-3-5-13/h1-9,11-12H,10H2,(H,23,24). The molecule has 3 aromatic rings. The van der Waals surface area contributed by atoms with Crippen molar-refractivity contribution >= 4 is 35.3 Å². The maximum absolute atomic E-state index is 11.8. The van der Waals surface area contributed by atoms with E-state index in [4.69, 9.17) is 27.6 Å². The second kappa shape index (κ2) is 8.01. The molecule has 0 unspecified atom stereocenters. The zero-order valence-electron chi connectivity index (χ0n) is 13.1. The number of rotatable bonds is 5.